The molecule has 18 heavy (non-hydrogen) atoms. The van der Waals surface area contributed by atoms with Gasteiger partial charge in [0.05, 0.1) is 31.1 Å². The maximum atomic E-state index is 10.9. The van der Waals surface area contributed by atoms with Gasteiger partial charge < -0.3 is 14.9 Å². The topological polar surface area (TPSA) is 82.9 Å². The summed E-state index contributed by atoms with van der Waals surface area (Å²) in [5.41, 5.74) is 0.917. The average molecular weight is 252 g/mol. The second-order valence-electron chi connectivity index (χ2n) is 4.16. The molecule has 6 nitrogen and oxygen atoms in total. The van der Waals surface area contributed by atoms with Crippen LogP contribution in [0.15, 0.2) is 6.20 Å². The molecule has 0 spiro atoms. The highest BCUT2D eigenvalue weighted by molar-refractivity contribution is 5.81. The number of aromatic nitrogens is 1. The zero-order chi connectivity index (χ0) is 13.0. The lowest BCUT2D eigenvalue weighted by Crippen LogP contribution is -2.35. The maximum absolute atomic E-state index is 10.9. The standard InChI is InChI=1S/C12H16N2O4/c15-7-9-5-13-11(12(17)10(9)8-16)6-14-1-3-18-4-2-14/h5,8,15,17H,1-4,6-7H2. The SMILES string of the molecule is O=Cc1c(CO)cnc(CN2CCOCC2)c1O. The number of carbonyl (C=O) groups excluding carboxylic acids is 1. The molecule has 0 atom stereocenters. The number of pyridine rings is 1. The molecule has 1 fully saturated rings. The molecule has 1 aromatic rings. The molecule has 2 rings (SSSR count). The second kappa shape index (κ2) is 5.90. The number of aliphatic hydroxyl groups is 1. The Balaban J connectivity index is 2.20. The first-order valence-electron chi connectivity index (χ1n) is 5.82. The van der Waals surface area contributed by atoms with E-state index in [1.54, 1.807) is 0 Å². The number of carbonyl (C=O) groups is 1. The van der Waals surface area contributed by atoms with Gasteiger partial charge in [0.2, 0.25) is 0 Å². The Morgan fingerprint density at radius 1 is 1.44 bits per heavy atom. The van der Waals surface area contributed by atoms with Crippen LogP contribution in [-0.2, 0) is 17.9 Å². The lowest BCUT2D eigenvalue weighted by molar-refractivity contribution is 0.0333. The van der Waals surface area contributed by atoms with Crippen LogP contribution in [0.3, 0.4) is 0 Å². The molecule has 2 N–H and O–H groups in total. The van der Waals surface area contributed by atoms with Crippen LogP contribution in [0.25, 0.3) is 0 Å². The molecule has 1 aliphatic rings. The fourth-order valence-electron chi connectivity index (χ4n) is 1.94. The van der Waals surface area contributed by atoms with Gasteiger partial charge in [-0.15, -0.1) is 0 Å². The molecule has 98 valence electrons. The van der Waals surface area contributed by atoms with Crippen molar-refractivity contribution >= 4 is 6.29 Å². The van der Waals surface area contributed by atoms with Crippen molar-refractivity contribution in [3.8, 4) is 5.75 Å². The van der Waals surface area contributed by atoms with E-state index in [0.29, 0.717) is 37.3 Å². The largest absolute Gasteiger partial charge is 0.505 e. The summed E-state index contributed by atoms with van der Waals surface area (Å²) in [6.07, 6.45) is 1.98. The summed E-state index contributed by atoms with van der Waals surface area (Å²) < 4.78 is 5.24. The molecule has 0 aromatic carbocycles. The van der Waals surface area contributed by atoms with Crippen LogP contribution in [0.4, 0.5) is 0 Å². The maximum Gasteiger partial charge on any atom is 0.154 e. The van der Waals surface area contributed by atoms with Crippen molar-refractivity contribution in [2.24, 2.45) is 0 Å². The molecule has 0 bridgehead atoms. The fourth-order valence-corrected chi connectivity index (χ4v) is 1.94. The van der Waals surface area contributed by atoms with E-state index in [1.165, 1.54) is 6.20 Å². The number of nitrogens with zero attached hydrogens (tertiary/aromatic N) is 2. The Hall–Kier alpha value is -1.50. The smallest absolute Gasteiger partial charge is 0.154 e. The zero-order valence-corrected chi connectivity index (χ0v) is 10.0. The fraction of sp³-hybridized carbons (Fsp3) is 0.500. The second-order valence-corrected chi connectivity index (χ2v) is 4.16. The summed E-state index contributed by atoms with van der Waals surface area (Å²) in [5.74, 6) is -0.136. The van der Waals surface area contributed by atoms with Crippen molar-refractivity contribution in [1.82, 2.24) is 9.88 Å². The molecular weight excluding hydrogens is 236 g/mol. The van der Waals surface area contributed by atoms with Crippen LogP contribution in [-0.4, -0.2) is 52.7 Å². The highest BCUT2D eigenvalue weighted by Crippen LogP contribution is 2.24. The van der Waals surface area contributed by atoms with E-state index in [2.05, 4.69) is 9.88 Å². The molecule has 6 heteroatoms. The van der Waals surface area contributed by atoms with E-state index >= 15 is 0 Å². The molecule has 0 aliphatic carbocycles. The van der Waals surface area contributed by atoms with Gasteiger partial charge in [0.1, 0.15) is 5.75 Å². The quantitative estimate of drug-likeness (QED) is 0.730. The van der Waals surface area contributed by atoms with Crippen molar-refractivity contribution in [3.63, 3.8) is 0 Å². The number of aldehydes is 1. The minimum absolute atomic E-state index is 0.121. The first-order chi connectivity index (χ1) is 8.76. The summed E-state index contributed by atoms with van der Waals surface area (Å²) in [5, 5.41) is 19.0. The van der Waals surface area contributed by atoms with Gasteiger partial charge in [0, 0.05) is 31.4 Å². The molecule has 0 unspecified atom stereocenters. The predicted molar refractivity (Wildman–Crippen MR) is 63.3 cm³/mol. The summed E-state index contributed by atoms with van der Waals surface area (Å²) in [4.78, 5) is 17.1. The summed E-state index contributed by atoms with van der Waals surface area (Å²) in [6.45, 7) is 3.04. The summed E-state index contributed by atoms with van der Waals surface area (Å²) in [6, 6.07) is 0. The van der Waals surface area contributed by atoms with Gasteiger partial charge in [0.15, 0.2) is 6.29 Å². The number of morpholine rings is 1. The van der Waals surface area contributed by atoms with E-state index in [-0.39, 0.29) is 17.9 Å². The number of rotatable bonds is 4. The van der Waals surface area contributed by atoms with Crippen molar-refractivity contribution in [1.29, 1.82) is 0 Å². The summed E-state index contributed by atoms with van der Waals surface area (Å²) >= 11 is 0. The van der Waals surface area contributed by atoms with E-state index in [0.717, 1.165) is 13.1 Å². The van der Waals surface area contributed by atoms with Gasteiger partial charge >= 0.3 is 0 Å². The number of ether oxygens (including phenoxy) is 1. The summed E-state index contributed by atoms with van der Waals surface area (Å²) in [7, 11) is 0. The first kappa shape index (κ1) is 12.9. The molecule has 1 saturated heterocycles. The highest BCUT2D eigenvalue weighted by Gasteiger charge is 2.17. The lowest BCUT2D eigenvalue weighted by atomic mass is 10.1. The number of aliphatic hydroxyl groups excluding tert-OH is 1. The Morgan fingerprint density at radius 2 is 2.17 bits per heavy atom. The van der Waals surface area contributed by atoms with Crippen LogP contribution in [0.2, 0.25) is 0 Å². The van der Waals surface area contributed by atoms with Crippen LogP contribution in [0.1, 0.15) is 21.6 Å². The van der Waals surface area contributed by atoms with Gasteiger partial charge in [0.25, 0.3) is 0 Å². The molecule has 0 radical (unpaired) electrons. The van der Waals surface area contributed by atoms with E-state index < -0.39 is 0 Å². The van der Waals surface area contributed by atoms with Crippen LogP contribution >= 0.6 is 0 Å². The van der Waals surface area contributed by atoms with Gasteiger partial charge in [-0.05, 0) is 0 Å². The van der Waals surface area contributed by atoms with Gasteiger partial charge in [-0.25, -0.2) is 0 Å². The monoisotopic (exact) mass is 252 g/mol. The number of hydrogen-bond acceptors (Lipinski definition) is 6. The Bertz CT molecular complexity index is 430. The normalized spacial score (nSPS) is 16.7. The van der Waals surface area contributed by atoms with Crippen molar-refractivity contribution in [3.05, 3.63) is 23.0 Å². The molecule has 0 amide bonds. The van der Waals surface area contributed by atoms with Gasteiger partial charge in [-0.1, -0.05) is 0 Å². The Morgan fingerprint density at radius 3 is 2.78 bits per heavy atom. The van der Waals surface area contributed by atoms with Crippen LogP contribution in [0.5, 0.6) is 5.75 Å². The Labute approximate surface area is 105 Å². The third-order valence-corrected chi connectivity index (χ3v) is 3.02. The van der Waals surface area contributed by atoms with E-state index in [9.17, 15) is 9.90 Å². The number of hydrogen-bond donors (Lipinski definition) is 2. The third-order valence-electron chi connectivity index (χ3n) is 3.02. The molecule has 0 saturated carbocycles. The first-order valence-corrected chi connectivity index (χ1v) is 5.82. The predicted octanol–water partition coefficient (Wildman–Crippen LogP) is -0.0758. The minimum atomic E-state index is -0.313. The number of aromatic hydroxyl groups is 1. The van der Waals surface area contributed by atoms with Crippen molar-refractivity contribution in [2.45, 2.75) is 13.2 Å². The van der Waals surface area contributed by atoms with Gasteiger partial charge in [-0.2, -0.15) is 0 Å². The average Bonchev–Trinajstić information content (AvgIpc) is 2.42. The van der Waals surface area contributed by atoms with Crippen molar-refractivity contribution < 1.29 is 19.7 Å². The van der Waals surface area contributed by atoms with Crippen LogP contribution in [0, 0.1) is 0 Å². The highest BCUT2D eigenvalue weighted by atomic mass is 16.5. The van der Waals surface area contributed by atoms with Gasteiger partial charge in [-0.3, -0.25) is 14.7 Å². The van der Waals surface area contributed by atoms with Crippen molar-refractivity contribution in [2.75, 3.05) is 26.3 Å². The zero-order valence-electron chi connectivity index (χ0n) is 10.0. The van der Waals surface area contributed by atoms with E-state index in [4.69, 9.17) is 9.84 Å². The Kier molecular flexibility index (Phi) is 4.24. The molecule has 1 aliphatic heterocycles. The van der Waals surface area contributed by atoms with E-state index in [1.807, 2.05) is 0 Å². The lowest BCUT2D eigenvalue weighted by Gasteiger charge is -2.26. The van der Waals surface area contributed by atoms with Crippen LogP contribution < -0.4 is 0 Å². The third kappa shape index (κ3) is 2.66. The molecular formula is C12H16N2O4. The minimum Gasteiger partial charge on any atom is -0.505 e. The molecule has 1 aromatic heterocycles. The molecule has 2 heterocycles.